The van der Waals surface area contributed by atoms with Crippen LogP contribution in [0.4, 0.5) is 11.6 Å². The predicted octanol–water partition coefficient (Wildman–Crippen LogP) is 4.06. The minimum absolute atomic E-state index is 0.130. The fourth-order valence-electron chi connectivity index (χ4n) is 3.22. The van der Waals surface area contributed by atoms with Gasteiger partial charge >= 0.3 is 0 Å². The summed E-state index contributed by atoms with van der Waals surface area (Å²) in [6, 6.07) is 19.6. The van der Waals surface area contributed by atoms with Gasteiger partial charge in [0.25, 0.3) is 0 Å². The van der Waals surface area contributed by atoms with Crippen LogP contribution in [0.3, 0.4) is 0 Å². The van der Waals surface area contributed by atoms with Crippen LogP contribution in [0.5, 0.6) is 0 Å². The molecule has 30 heavy (non-hydrogen) atoms. The van der Waals surface area contributed by atoms with Crippen LogP contribution in [0.2, 0.25) is 0 Å². The molecule has 0 unspecified atom stereocenters. The number of fused-ring (bicyclic) bond motifs is 1. The highest BCUT2D eigenvalue weighted by molar-refractivity contribution is 7.99. The summed E-state index contributed by atoms with van der Waals surface area (Å²) in [5, 5.41) is 11.9. The summed E-state index contributed by atoms with van der Waals surface area (Å²) >= 11 is 1.28. The Hall–Kier alpha value is -3.39. The molecular formula is C22H22N6OS. The zero-order valence-corrected chi connectivity index (χ0v) is 17.4. The van der Waals surface area contributed by atoms with E-state index in [4.69, 9.17) is 5.73 Å². The third kappa shape index (κ3) is 4.28. The van der Waals surface area contributed by atoms with Gasteiger partial charge in [0.15, 0.2) is 10.8 Å². The Morgan fingerprint density at radius 2 is 1.87 bits per heavy atom. The zero-order valence-electron chi connectivity index (χ0n) is 16.6. The van der Waals surface area contributed by atoms with Crippen molar-refractivity contribution in [2.45, 2.75) is 24.9 Å². The van der Waals surface area contributed by atoms with Crippen LogP contribution in [0.15, 0.2) is 65.8 Å². The summed E-state index contributed by atoms with van der Waals surface area (Å²) in [7, 11) is 0. The Morgan fingerprint density at radius 1 is 1.10 bits per heavy atom. The highest BCUT2D eigenvalue weighted by Crippen LogP contribution is 2.28. The van der Waals surface area contributed by atoms with Crippen LogP contribution in [0.1, 0.15) is 19.0 Å². The summed E-state index contributed by atoms with van der Waals surface area (Å²) in [5.74, 6) is 0.382. The van der Waals surface area contributed by atoms with E-state index in [9.17, 15) is 4.79 Å². The van der Waals surface area contributed by atoms with Gasteiger partial charge in [0.05, 0.1) is 5.75 Å². The summed E-state index contributed by atoms with van der Waals surface area (Å²) in [6.07, 6.45) is 1.81. The third-order valence-electron chi connectivity index (χ3n) is 4.57. The number of carbonyl (C=O) groups is 1. The largest absolute Gasteiger partial charge is 0.369 e. The van der Waals surface area contributed by atoms with Gasteiger partial charge in [0.2, 0.25) is 11.9 Å². The van der Waals surface area contributed by atoms with Gasteiger partial charge in [-0.1, -0.05) is 73.6 Å². The second kappa shape index (κ2) is 8.96. The fourth-order valence-corrected chi connectivity index (χ4v) is 3.97. The first kappa shape index (κ1) is 19.9. The number of aromatic nitrogens is 4. The van der Waals surface area contributed by atoms with E-state index >= 15 is 0 Å². The molecule has 0 bridgehead atoms. The Bertz CT molecular complexity index is 1170. The number of aryl methyl sites for hydroxylation is 1. The lowest BCUT2D eigenvalue weighted by atomic mass is 10.0. The number of benzene rings is 2. The SMILES string of the molecule is CCCc1cc2nnc(SCC(=O)Nc3ccccc3-c3ccccc3)n2c(N)n1. The zero-order chi connectivity index (χ0) is 20.9. The number of thioether (sulfide) groups is 1. The minimum atomic E-state index is -0.130. The number of anilines is 2. The number of hydrogen-bond donors (Lipinski definition) is 2. The molecule has 0 aliphatic heterocycles. The number of nitrogens with two attached hydrogens (primary N) is 1. The number of nitrogens with one attached hydrogen (secondary N) is 1. The van der Waals surface area contributed by atoms with Gasteiger partial charge in [0, 0.05) is 23.0 Å². The highest BCUT2D eigenvalue weighted by atomic mass is 32.2. The van der Waals surface area contributed by atoms with E-state index in [1.54, 1.807) is 4.40 Å². The van der Waals surface area contributed by atoms with Crippen molar-refractivity contribution >= 4 is 35.0 Å². The van der Waals surface area contributed by atoms with E-state index in [0.717, 1.165) is 35.3 Å². The molecule has 0 aliphatic rings. The molecule has 4 aromatic rings. The molecule has 152 valence electrons. The first-order valence-corrected chi connectivity index (χ1v) is 10.7. The minimum Gasteiger partial charge on any atom is -0.369 e. The fraction of sp³-hybridized carbons (Fsp3) is 0.182. The molecule has 0 radical (unpaired) electrons. The van der Waals surface area contributed by atoms with Crippen molar-refractivity contribution in [2.24, 2.45) is 0 Å². The molecule has 0 aliphatic carbocycles. The lowest BCUT2D eigenvalue weighted by Crippen LogP contribution is -2.15. The van der Waals surface area contributed by atoms with E-state index in [1.807, 2.05) is 60.7 Å². The molecule has 1 amide bonds. The quantitative estimate of drug-likeness (QED) is 0.439. The van der Waals surface area contributed by atoms with Crippen LogP contribution in [-0.4, -0.2) is 31.2 Å². The summed E-state index contributed by atoms with van der Waals surface area (Å²) < 4.78 is 1.68. The first-order chi connectivity index (χ1) is 14.7. The van der Waals surface area contributed by atoms with Gasteiger partial charge in [-0.2, -0.15) is 0 Å². The van der Waals surface area contributed by atoms with Gasteiger partial charge in [-0.15, -0.1) is 10.2 Å². The molecule has 2 heterocycles. The number of hydrogen-bond acceptors (Lipinski definition) is 6. The molecule has 8 heteroatoms. The van der Waals surface area contributed by atoms with Crippen molar-refractivity contribution in [3.8, 4) is 11.1 Å². The molecule has 7 nitrogen and oxygen atoms in total. The Morgan fingerprint density at radius 3 is 2.67 bits per heavy atom. The Balaban J connectivity index is 1.48. The molecule has 0 atom stereocenters. The topological polar surface area (TPSA) is 98.2 Å². The Labute approximate surface area is 178 Å². The van der Waals surface area contributed by atoms with E-state index in [2.05, 4.69) is 27.4 Å². The van der Waals surface area contributed by atoms with Crippen LogP contribution in [0, 0.1) is 0 Å². The molecule has 4 rings (SSSR count). The van der Waals surface area contributed by atoms with Crippen molar-refractivity contribution in [1.82, 2.24) is 19.6 Å². The molecule has 2 aromatic carbocycles. The molecule has 3 N–H and O–H groups in total. The standard InChI is InChI=1S/C22H22N6OS/c1-2-8-16-13-19-26-27-22(28(19)21(23)24-16)30-14-20(29)25-18-12-7-6-11-17(18)15-9-4-3-5-10-15/h3-7,9-13H,2,8,14H2,1H3,(H2,23,24)(H,25,29). The number of nitrogen functional groups attached to an aromatic ring is 1. The number of amides is 1. The van der Waals surface area contributed by atoms with Crippen LogP contribution in [-0.2, 0) is 11.2 Å². The van der Waals surface area contributed by atoms with Crippen molar-refractivity contribution in [1.29, 1.82) is 0 Å². The van der Waals surface area contributed by atoms with Gasteiger partial charge in [-0.3, -0.25) is 4.79 Å². The molecule has 0 fully saturated rings. The molecule has 0 saturated carbocycles. The molecule has 0 spiro atoms. The monoisotopic (exact) mass is 418 g/mol. The molecular weight excluding hydrogens is 396 g/mol. The van der Waals surface area contributed by atoms with Crippen molar-refractivity contribution < 1.29 is 4.79 Å². The van der Waals surface area contributed by atoms with Crippen LogP contribution >= 0.6 is 11.8 Å². The third-order valence-corrected chi connectivity index (χ3v) is 5.49. The summed E-state index contributed by atoms with van der Waals surface area (Å²) in [5.41, 5.74) is 10.4. The number of carbonyl (C=O) groups excluding carboxylic acids is 1. The van der Waals surface area contributed by atoms with E-state index < -0.39 is 0 Å². The first-order valence-electron chi connectivity index (χ1n) is 9.73. The lowest BCUT2D eigenvalue weighted by molar-refractivity contribution is -0.113. The van der Waals surface area contributed by atoms with Crippen LogP contribution in [0.25, 0.3) is 16.8 Å². The predicted molar refractivity (Wildman–Crippen MR) is 120 cm³/mol. The number of rotatable bonds is 7. The van der Waals surface area contributed by atoms with Crippen molar-refractivity contribution in [3.05, 3.63) is 66.4 Å². The maximum Gasteiger partial charge on any atom is 0.234 e. The smallest absolute Gasteiger partial charge is 0.234 e. The maximum atomic E-state index is 12.6. The van der Waals surface area contributed by atoms with Gasteiger partial charge in [-0.25, -0.2) is 9.38 Å². The van der Waals surface area contributed by atoms with E-state index in [0.29, 0.717) is 16.8 Å². The summed E-state index contributed by atoms with van der Waals surface area (Å²) in [6.45, 7) is 2.09. The van der Waals surface area contributed by atoms with Crippen molar-refractivity contribution in [3.63, 3.8) is 0 Å². The Kier molecular flexibility index (Phi) is 5.94. The second-order valence-electron chi connectivity index (χ2n) is 6.78. The maximum absolute atomic E-state index is 12.6. The van der Waals surface area contributed by atoms with Crippen molar-refractivity contribution in [2.75, 3.05) is 16.8 Å². The number of nitrogens with zero attached hydrogens (tertiary/aromatic N) is 4. The molecule has 2 aromatic heterocycles. The van der Waals surface area contributed by atoms with Gasteiger partial charge in [-0.05, 0) is 18.1 Å². The normalized spacial score (nSPS) is 11.0. The average molecular weight is 419 g/mol. The van der Waals surface area contributed by atoms with Gasteiger partial charge < -0.3 is 11.1 Å². The number of para-hydroxylation sites is 1. The summed E-state index contributed by atoms with van der Waals surface area (Å²) in [4.78, 5) is 17.0. The second-order valence-corrected chi connectivity index (χ2v) is 7.72. The van der Waals surface area contributed by atoms with Gasteiger partial charge in [0.1, 0.15) is 0 Å². The van der Waals surface area contributed by atoms with E-state index in [-0.39, 0.29) is 11.7 Å². The highest BCUT2D eigenvalue weighted by Gasteiger charge is 2.14. The lowest BCUT2D eigenvalue weighted by Gasteiger charge is -2.11. The average Bonchev–Trinajstić information content (AvgIpc) is 3.17. The van der Waals surface area contributed by atoms with Crippen LogP contribution < -0.4 is 11.1 Å². The van der Waals surface area contributed by atoms with E-state index in [1.165, 1.54) is 11.8 Å². The molecule has 0 saturated heterocycles.